The number of phenolic OH excluding ortho intramolecular Hbond substituents is 1. The Morgan fingerprint density at radius 2 is 0.700 bits per heavy atom. The van der Waals surface area contributed by atoms with Crippen molar-refractivity contribution in [2.45, 2.75) is 150 Å². The molecule has 0 aliphatic rings. The zero-order chi connectivity index (χ0) is 22.2. The second kappa shape index (κ2) is 16.7. The maximum Gasteiger partial charge on any atom is 0.122 e. The highest BCUT2D eigenvalue weighted by molar-refractivity contribution is 5.56. The van der Waals surface area contributed by atoms with Crippen LogP contribution >= 0.6 is 0 Å². The smallest absolute Gasteiger partial charge is 0.122 e. The van der Waals surface area contributed by atoms with Gasteiger partial charge >= 0.3 is 0 Å². The van der Waals surface area contributed by atoms with Gasteiger partial charge in [0, 0.05) is 0 Å². The maximum atomic E-state index is 11.4. The molecule has 174 valence electrons. The molecule has 0 aromatic heterocycles. The van der Waals surface area contributed by atoms with Crippen molar-refractivity contribution in [3.05, 3.63) is 27.8 Å². The minimum Gasteiger partial charge on any atom is -0.507 e. The van der Waals surface area contributed by atoms with Gasteiger partial charge in [-0.2, -0.15) is 0 Å². The summed E-state index contributed by atoms with van der Waals surface area (Å²) >= 11 is 0. The van der Waals surface area contributed by atoms with Crippen LogP contribution in [0.5, 0.6) is 5.75 Å². The summed E-state index contributed by atoms with van der Waals surface area (Å²) in [7, 11) is 0. The summed E-state index contributed by atoms with van der Waals surface area (Å²) in [5, 5.41) is 11.4. The molecule has 1 aromatic carbocycles. The van der Waals surface area contributed by atoms with Gasteiger partial charge in [-0.15, -0.1) is 0 Å². The molecule has 0 spiro atoms. The normalized spacial score (nSPS) is 11.4. The lowest BCUT2D eigenvalue weighted by Crippen LogP contribution is -2.11. The largest absolute Gasteiger partial charge is 0.507 e. The molecule has 1 aromatic rings. The van der Waals surface area contributed by atoms with E-state index in [0.29, 0.717) is 5.75 Å². The Labute approximate surface area is 189 Å². The number of benzene rings is 1. The van der Waals surface area contributed by atoms with Crippen molar-refractivity contribution in [2.75, 3.05) is 0 Å². The molecule has 0 amide bonds. The minimum atomic E-state index is 0.680. The van der Waals surface area contributed by atoms with Gasteiger partial charge in [0.05, 0.1) is 0 Å². The molecule has 1 heteroatoms. The van der Waals surface area contributed by atoms with Crippen molar-refractivity contribution in [3.8, 4) is 5.75 Å². The van der Waals surface area contributed by atoms with Crippen LogP contribution < -0.4 is 0 Å². The number of phenols is 1. The molecule has 1 N–H and O–H groups in total. The lowest BCUT2D eigenvalue weighted by Gasteiger charge is -2.25. The van der Waals surface area contributed by atoms with Gasteiger partial charge in [-0.05, 0) is 72.8 Å². The third kappa shape index (κ3) is 8.64. The minimum absolute atomic E-state index is 0.680. The van der Waals surface area contributed by atoms with E-state index in [4.69, 9.17) is 0 Å². The summed E-state index contributed by atoms with van der Waals surface area (Å²) in [5.41, 5.74) is 7.30. The second-order valence-corrected chi connectivity index (χ2v) is 9.32. The van der Waals surface area contributed by atoms with E-state index >= 15 is 0 Å². The van der Waals surface area contributed by atoms with Gasteiger partial charge in [0.25, 0.3) is 0 Å². The van der Waals surface area contributed by atoms with Gasteiger partial charge in [-0.25, -0.2) is 0 Å². The van der Waals surface area contributed by atoms with E-state index in [-0.39, 0.29) is 0 Å². The van der Waals surface area contributed by atoms with Crippen molar-refractivity contribution in [3.63, 3.8) is 0 Å². The van der Waals surface area contributed by atoms with E-state index in [1.165, 1.54) is 107 Å². The van der Waals surface area contributed by atoms with Gasteiger partial charge < -0.3 is 5.11 Å². The van der Waals surface area contributed by atoms with Gasteiger partial charge in [-0.3, -0.25) is 0 Å². The van der Waals surface area contributed by atoms with Crippen LogP contribution in [-0.4, -0.2) is 5.11 Å². The van der Waals surface area contributed by atoms with Crippen LogP contribution in [0, 0.1) is 0 Å². The summed E-state index contributed by atoms with van der Waals surface area (Å²) in [6.45, 7) is 11.4. The van der Waals surface area contributed by atoms with Crippen LogP contribution in [0.3, 0.4) is 0 Å². The Morgan fingerprint density at radius 1 is 0.367 bits per heavy atom. The third-order valence-corrected chi connectivity index (χ3v) is 6.59. The third-order valence-electron chi connectivity index (χ3n) is 6.59. The molecule has 0 atom stereocenters. The monoisotopic (exact) mass is 416 g/mol. The Morgan fingerprint density at radius 3 is 1.17 bits per heavy atom. The molecule has 0 fully saturated rings. The van der Waals surface area contributed by atoms with Crippen molar-refractivity contribution in [1.29, 1.82) is 0 Å². The standard InChI is InChI=1S/C29H52O/c1-6-11-13-15-17-22-26-24(19-8-3)25(20-9-4)27(21-10-5)29(30)28(26)23-18-16-14-12-7-2/h30H,6-23H2,1-5H3. The Bertz CT molecular complexity index is 572. The molecular weight excluding hydrogens is 364 g/mol. The summed E-state index contributed by atoms with van der Waals surface area (Å²) in [5.74, 6) is 0.680. The molecular formula is C29H52O. The highest BCUT2D eigenvalue weighted by Gasteiger charge is 2.22. The van der Waals surface area contributed by atoms with Gasteiger partial charge in [0.15, 0.2) is 0 Å². The number of hydrogen-bond acceptors (Lipinski definition) is 1. The van der Waals surface area contributed by atoms with E-state index in [1.807, 2.05) is 0 Å². The molecule has 0 saturated heterocycles. The molecule has 0 unspecified atom stereocenters. The SMILES string of the molecule is CCCCCCCc1c(O)c(CCC)c(CCC)c(CCC)c1CCCCCCC. The van der Waals surface area contributed by atoms with Gasteiger partial charge in [-0.1, -0.05) is 105 Å². The van der Waals surface area contributed by atoms with E-state index in [2.05, 4.69) is 34.6 Å². The topological polar surface area (TPSA) is 20.2 Å². The Kier molecular flexibility index (Phi) is 15.0. The van der Waals surface area contributed by atoms with Crippen molar-refractivity contribution < 1.29 is 5.11 Å². The molecule has 1 nitrogen and oxygen atoms in total. The zero-order valence-corrected chi connectivity index (χ0v) is 21.2. The summed E-state index contributed by atoms with van der Waals surface area (Å²) in [4.78, 5) is 0. The quantitative estimate of drug-likeness (QED) is 0.236. The molecule has 0 heterocycles. The Balaban J connectivity index is 3.28. The van der Waals surface area contributed by atoms with Crippen LogP contribution in [0.4, 0.5) is 0 Å². The number of aromatic hydroxyl groups is 1. The van der Waals surface area contributed by atoms with Crippen LogP contribution in [-0.2, 0) is 32.1 Å². The van der Waals surface area contributed by atoms with Crippen LogP contribution in [0.25, 0.3) is 0 Å². The first kappa shape index (κ1) is 27.1. The average Bonchev–Trinajstić information content (AvgIpc) is 2.74. The fourth-order valence-electron chi connectivity index (χ4n) is 5.02. The van der Waals surface area contributed by atoms with Crippen LogP contribution in [0.15, 0.2) is 0 Å². The van der Waals surface area contributed by atoms with Crippen molar-refractivity contribution >= 4 is 0 Å². The first-order chi connectivity index (χ1) is 14.7. The highest BCUT2D eigenvalue weighted by atomic mass is 16.3. The maximum absolute atomic E-state index is 11.4. The van der Waals surface area contributed by atoms with E-state index in [0.717, 1.165) is 25.7 Å². The van der Waals surface area contributed by atoms with Gasteiger partial charge in [0.1, 0.15) is 5.75 Å². The lowest BCUT2D eigenvalue weighted by molar-refractivity contribution is 0.454. The van der Waals surface area contributed by atoms with Crippen molar-refractivity contribution in [1.82, 2.24) is 0 Å². The summed E-state index contributed by atoms with van der Waals surface area (Å²) in [6.07, 6.45) is 22.1. The number of unbranched alkanes of at least 4 members (excludes halogenated alkanes) is 8. The molecule has 0 radical (unpaired) electrons. The second-order valence-electron chi connectivity index (χ2n) is 9.32. The van der Waals surface area contributed by atoms with E-state index in [1.54, 1.807) is 11.1 Å². The molecule has 0 aliphatic heterocycles. The zero-order valence-electron chi connectivity index (χ0n) is 21.2. The number of rotatable bonds is 18. The predicted octanol–water partition coefficient (Wildman–Crippen LogP) is 9.28. The molecule has 1 rings (SSSR count). The number of hydrogen-bond donors (Lipinski definition) is 1. The van der Waals surface area contributed by atoms with E-state index in [9.17, 15) is 5.11 Å². The van der Waals surface area contributed by atoms with Crippen LogP contribution in [0.1, 0.15) is 146 Å². The predicted molar refractivity (Wildman–Crippen MR) is 135 cm³/mol. The average molecular weight is 417 g/mol. The summed E-state index contributed by atoms with van der Waals surface area (Å²) < 4.78 is 0. The molecule has 30 heavy (non-hydrogen) atoms. The molecule has 0 saturated carbocycles. The summed E-state index contributed by atoms with van der Waals surface area (Å²) in [6, 6.07) is 0. The fraction of sp³-hybridized carbons (Fsp3) is 0.793. The van der Waals surface area contributed by atoms with Gasteiger partial charge in [0.2, 0.25) is 0 Å². The highest BCUT2D eigenvalue weighted by Crippen LogP contribution is 2.38. The van der Waals surface area contributed by atoms with Crippen LogP contribution in [0.2, 0.25) is 0 Å². The first-order valence-electron chi connectivity index (χ1n) is 13.5. The molecule has 0 bridgehead atoms. The first-order valence-corrected chi connectivity index (χ1v) is 13.5. The van der Waals surface area contributed by atoms with E-state index < -0.39 is 0 Å². The fourth-order valence-corrected chi connectivity index (χ4v) is 5.02. The lowest BCUT2D eigenvalue weighted by atomic mass is 9.81. The molecule has 0 aliphatic carbocycles. The van der Waals surface area contributed by atoms with Crippen molar-refractivity contribution in [2.24, 2.45) is 0 Å². The Hall–Kier alpha value is -0.980.